The van der Waals surface area contributed by atoms with Crippen molar-refractivity contribution in [2.75, 3.05) is 6.61 Å². The van der Waals surface area contributed by atoms with Crippen molar-refractivity contribution >= 4 is 41.7 Å². The van der Waals surface area contributed by atoms with Crippen molar-refractivity contribution < 1.29 is 28.5 Å². The molecule has 2 heterocycles. The highest BCUT2D eigenvalue weighted by molar-refractivity contribution is 9.10. The fraction of sp³-hybridized carbons (Fsp3) is 0.667. The number of carbonyl (C=O) groups excluding carboxylic acids is 1. The lowest BCUT2D eigenvalue weighted by Gasteiger charge is -2.24. The average Bonchev–Trinajstić information content (AvgIpc) is 2.82. The number of rotatable bonds is 8. The number of aromatic amines is 1. The van der Waals surface area contributed by atoms with E-state index >= 15 is 0 Å². The molecule has 3 N–H and O–H groups in total. The van der Waals surface area contributed by atoms with E-state index in [9.17, 15) is 24.1 Å². The topological polar surface area (TPSA) is 149 Å². The maximum Gasteiger partial charge on any atom is 0.330 e. The van der Waals surface area contributed by atoms with Crippen molar-refractivity contribution in [3.05, 3.63) is 33.1 Å². The Bertz CT molecular complexity index is 876. The first-order valence-corrected chi connectivity index (χ1v) is 11.1. The molecule has 164 valence electrons. The van der Waals surface area contributed by atoms with Gasteiger partial charge in [0.25, 0.3) is 13.7 Å². The highest BCUT2D eigenvalue weighted by Gasteiger charge is 2.55. The van der Waals surface area contributed by atoms with Crippen LogP contribution < -0.4 is 16.3 Å². The van der Waals surface area contributed by atoms with Crippen LogP contribution in [0.4, 0.5) is 0 Å². The molecule has 14 heteroatoms. The molecule has 1 saturated heterocycles. The summed E-state index contributed by atoms with van der Waals surface area (Å²) >= 11 is 9.43. The second-order valence-corrected chi connectivity index (χ2v) is 10.2. The van der Waals surface area contributed by atoms with Gasteiger partial charge in [-0.05, 0) is 20.8 Å². The van der Waals surface area contributed by atoms with Gasteiger partial charge in [-0.3, -0.25) is 23.7 Å². The van der Waals surface area contributed by atoms with Crippen molar-refractivity contribution in [3.8, 4) is 0 Å². The van der Waals surface area contributed by atoms with E-state index in [2.05, 4.69) is 26.0 Å². The fourth-order valence-corrected chi connectivity index (χ4v) is 4.28. The van der Waals surface area contributed by atoms with Crippen LogP contribution in [0.2, 0.25) is 0 Å². The summed E-state index contributed by atoms with van der Waals surface area (Å²) < 4.78 is 27.2. The van der Waals surface area contributed by atoms with Crippen LogP contribution in [0.15, 0.2) is 21.9 Å². The normalized spacial score (nSPS) is 29.0. The molecule has 29 heavy (non-hydrogen) atoms. The SMILES string of the molecule is CC(C)OC(=O)[C@@H](C)N[PH](=O)OC[C@H]1OC(n2ccc(=O)[nH]c2=O)[C@](Cl)(Br)[C@@H]1O. The number of alkyl halides is 2. The first-order chi connectivity index (χ1) is 13.4. The van der Waals surface area contributed by atoms with E-state index in [-0.39, 0.29) is 12.7 Å². The van der Waals surface area contributed by atoms with Gasteiger partial charge >= 0.3 is 11.7 Å². The number of esters is 1. The fourth-order valence-electron chi connectivity index (χ4n) is 2.49. The van der Waals surface area contributed by atoms with Gasteiger partial charge in [0.15, 0.2) is 10.0 Å². The van der Waals surface area contributed by atoms with Crippen molar-refractivity contribution in [2.45, 2.75) is 55.1 Å². The summed E-state index contributed by atoms with van der Waals surface area (Å²) in [5.74, 6) is -0.586. The van der Waals surface area contributed by atoms with Gasteiger partial charge in [-0.1, -0.05) is 27.5 Å². The van der Waals surface area contributed by atoms with Gasteiger partial charge in [-0.25, -0.2) is 9.88 Å². The van der Waals surface area contributed by atoms with E-state index in [0.717, 1.165) is 10.6 Å². The van der Waals surface area contributed by atoms with Crippen LogP contribution in [-0.4, -0.2) is 55.4 Å². The Labute approximate surface area is 179 Å². The van der Waals surface area contributed by atoms with Gasteiger partial charge in [0.1, 0.15) is 18.2 Å². The third kappa shape index (κ3) is 6.00. The van der Waals surface area contributed by atoms with Crippen LogP contribution >= 0.6 is 35.7 Å². The zero-order valence-corrected chi connectivity index (χ0v) is 19.1. The molecule has 0 spiro atoms. The Morgan fingerprint density at radius 2 is 2.17 bits per heavy atom. The number of ether oxygens (including phenoxy) is 2. The minimum atomic E-state index is -2.88. The Morgan fingerprint density at radius 3 is 2.76 bits per heavy atom. The van der Waals surface area contributed by atoms with Crippen LogP contribution in [0.5, 0.6) is 0 Å². The summed E-state index contributed by atoms with van der Waals surface area (Å²) in [6.07, 6.45) is -2.74. The van der Waals surface area contributed by atoms with Crippen LogP contribution in [-0.2, 0) is 23.4 Å². The van der Waals surface area contributed by atoms with Crippen molar-refractivity contribution in [3.63, 3.8) is 0 Å². The minimum Gasteiger partial charge on any atom is -0.462 e. The number of hydrogen-bond donors (Lipinski definition) is 3. The molecule has 0 radical (unpaired) electrons. The molecule has 1 fully saturated rings. The van der Waals surface area contributed by atoms with E-state index < -0.39 is 53.7 Å². The molecular weight excluding hydrogens is 497 g/mol. The first-order valence-electron chi connectivity index (χ1n) is 8.60. The van der Waals surface area contributed by atoms with Crippen LogP contribution in [0.25, 0.3) is 0 Å². The molecule has 2 rings (SSSR count). The van der Waals surface area contributed by atoms with Crippen LogP contribution in [0.1, 0.15) is 27.0 Å². The highest BCUT2D eigenvalue weighted by atomic mass is 79.9. The molecule has 0 bridgehead atoms. The van der Waals surface area contributed by atoms with Crippen LogP contribution in [0, 0.1) is 0 Å². The standard InChI is InChI=1S/C15H22BrClN3O8P/c1-7(2)27-12(23)8(3)19-29(25)26-6-9-11(22)15(16,17)13(28-9)20-5-4-10(21)18-14(20)24/h4-5,7-9,11,13,22,29H,6H2,1-3H3,(H,19,25)(H,18,21,24)/t8-,9-,11-,13?,15+/m1/s1. The van der Waals surface area contributed by atoms with E-state index in [0.29, 0.717) is 0 Å². The van der Waals surface area contributed by atoms with Crippen molar-refractivity contribution in [1.29, 1.82) is 0 Å². The number of aliphatic hydroxyl groups excluding tert-OH is 1. The number of hydrogen-bond acceptors (Lipinski definition) is 8. The molecule has 2 unspecified atom stereocenters. The number of halogens is 2. The third-order valence-corrected chi connectivity index (χ3v) is 6.27. The molecule has 11 nitrogen and oxygen atoms in total. The number of aromatic nitrogens is 2. The lowest BCUT2D eigenvalue weighted by atomic mass is 10.2. The van der Waals surface area contributed by atoms with Gasteiger partial charge in [-0.2, -0.15) is 0 Å². The number of H-pyrrole nitrogens is 1. The van der Waals surface area contributed by atoms with Gasteiger partial charge in [0, 0.05) is 12.3 Å². The maximum absolute atomic E-state index is 12.1. The Balaban J connectivity index is 2.00. The monoisotopic (exact) mass is 517 g/mol. The maximum atomic E-state index is 12.1. The van der Waals surface area contributed by atoms with E-state index in [1.165, 1.54) is 13.1 Å². The highest BCUT2D eigenvalue weighted by Crippen LogP contribution is 2.47. The summed E-state index contributed by atoms with van der Waals surface area (Å²) in [7, 11) is -2.88. The Morgan fingerprint density at radius 1 is 1.52 bits per heavy atom. The van der Waals surface area contributed by atoms with E-state index in [1.54, 1.807) is 13.8 Å². The number of aliphatic hydroxyl groups is 1. The van der Waals surface area contributed by atoms with Gasteiger partial charge in [-0.15, -0.1) is 0 Å². The summed E-state index contributed by atoms with van der Waals surface area (Å²) in [6, 6.07) is 0.232. The summed E-state index contributed by atoms with van der Waals surface area (Å²) in [4.78, 5) is 37.0. The van der Waals surface area contributed by atoms with Gasteiger partial charge in [0.2, 0.25) is 0 Å². The minimum absolute atomic E-state index is 0.318. The lowest BCUT2D eigenvalue weighted by Crippen LogP contribution is -2.40. The number of nitrogens with one attached hydrogen (secondary N) is 2. The molecule has 1 aliphatic rings. The predicted octanol–water partition coefficient (Wildman–Crippen LogP) is 0.461. The zero-order valence-electron chi connectivity index (χ0n) is 15.8. The summed E-state index contributed by atoms with van der Waals surface area (Å²) in [5.41, 5.74) is -1.39. The molecule has 0 amide bonds. The molecule has 0 aliphatic carbocycles. The van der Waals surface area contributed by atoms with Gasteiger partial charge in [0.05, 0.1) is 12.7 Å². The third-order valence-electron chi connectivity index (χ3n) is 3.90. The van der Waals surface area contributed by atoms with Crippen molar-refractivity contribution in [2.24, 2.45) is 0 Å². The zero-order chi connectivity index (χ0) is 21.9. The molecule has 1 aromatic rings. The van der Waals surface area contributed by atoms with E-state index in [1.807, 2.05) is 0 Å². The second-order valence-electron chi connectivity index (χ2n) is 6.61. The number of nitrogens with zero attached hydrogens (tertiary/aromatic N) is 1. The predicted molar refractivity (Wildman–Crippen MR) is 108 cm³/mol. The molecule has 0 aromatic carbocycles. The summed E-state index contributed by atoms with van der Waals surface area (Å²) in [5, 5.41) is 12.9. The van der Waals surface area contributed by atoms with Gasteiger partial charge < -0.3 is 19.1 Å². The first kappa shape index (κ1) is 24.3. The van der Waals surface area contributed by atoms with Crippen molar-refractivity contribution in [1.82, 2.24) is 14.6 Å². The van der Waals surface area contributed by atoms with Crippen LogP contribution in [0.3, 0.4) is 0 Å². The molecule has 0 saturated carbocycles. The Hall–Kier alpha value is -1.01. The molecule has 6 atom stereocenters. The lowest BCUT2D eigenvalue weighted by molar-refractivity contribution is -0.149. The van der Waals surface area contributed by atoms with E-state index in [4.69, 9.17) is 25.6 Å². The smallest absolute Gasteiger partial charge is 0.330 e. The second kappa shape index (κ2) is 9.86. The molecular formula is C15H22BrClN3O8P. The Kier molecular flexibility index (Phi) is 8.25. The molecule has 1 aromatic heterocycles. The summed E-state index contributed by atoms with van der Waals surface area (Å²) in [6.45, 7) is 4.50. The average molecular weight is 519 g/mol. The largest absolute Gasteiger partial charge is 0.462 e. The number of carbonyl (C=O) groups is 1. The molecule has 1 aliphatic heterocycles. The quantitative estimate of drug-likeness (QED) is 0.253.